The molecule has 1 saturated carbocycles. The monoisotopic (exact) mass is 434 g/mol. The van der Waals surface area contributed by atoms with Gasteiger partial charge in [-0.25, -0.2) is 8.42 Å². The molecule has 0 radical (unpaired) electrons. The van der Waals surface area contributed by atoms with Crippen LogP contribution in [0.4, 0.5) is 5.69 Å². The summed E-state index contributed by atoms with van der Waals surface area (Å²) in [5, 5.41) is 4.41. The highest BCUT2D eigenvalue weighted by molar-refractivity contribution is 7.92. The molecule has 2 aliphatic rings. The van der Waals surface area contributed by atoms with Crippen molar-refractivity contribution in [1.82, 2.24) is 4.90 Å². The van der Waals surface area contributed by atoms with Crippen LogP contribution in [-0.4, -0.2) is 45.4 Å². The van der Waals surface area contributed by atoms with Crippen LogP contribution in [0.1, 0.15) is 43.2 Å². The van der Waals surface area contributed by atoms with E-state index in [9.17, 15) is 8.42 Å². The lowest BCUT2D eigenvalue weighted by atomic mass is 9.63. The van der Waals surface area contributed by atoms with Gasteiger partial charge in [0.25, 0.3) is 0 Å². The van der Waals surface area contributed by atoms with E-state index in [4.69, 9.17) is 4.74 Å². The molecule has 0 amide bonds. The Bertz CT molecular complexity index is 914. The highest BCUT2D eigenvalue weighted by atomic mass is 32.2. The fourth-order valence-electron chi connectivity index (χ4n) is 4.98. The second-order valence-electron chi connectivity index (χ2n) is 8.38. The Morgan fingerprint density at radius 3 is 3.00 bits per heavy atom. The summed E-state index contributed by atoms with van der Waals surface area (Å²) in [6, 6.07) is 10.9. The maximum atomic E-state index is 12.3. The number of hydrogen-bond donors (Lipinski definition) is 1. The number of ether oxygens (including phenoxy) is 1. The maximum Gasteiger partial charge on any atom is 0.234 e. The summed E-state index contributed by atoms with van der Waals surface area (Å²) in [4.78, 5) is 2.65. The van der Waals surface area contributed by atoms with E-state index in [0.717, 1.165) is 25.9 Å². The Morgan fingerprint density at radius 2 is 2.21 bits per heavy atom. The molecule has 1 aliphatic heterocycles. The van der Waals surface area contributed by atoms with Gasteiger partial charge in [0.05, 0.1) is 12.4 Å². The van der Waals surface area contributed by atoms with Gasteiger partial charge in [0.15, 0.2) is 0 Å². The smallest absolute Gasteiger partial charge is 0.234 e. The molecule has 4 rings (SSSR count). The van der Waals surface area contributed by atoms with E-state index in [1.807, 2.05) is 12.1 Å². The molecule has 2 aromatic rings. The van der Waals surface area contributed by atoms with Crippen LogP contribution in [0.15, 0.2) is 41.1 Å². The van der Waals surface area contributed by atoms with Crippen molar-refractivity contribution in [2.75, 3.05) is 30.7 Å². The molecule has 2 atom stereocenters. The molecule has 1 aliphatic carbocycles. The number of nitrogens with zero attached hydrogens (tertiary/aromatic N) is 1. The molecule has 5 nitrogen and oxygen atoms in total. The van der Waals surface area contributed by atoms with Gasteiger partial charge in [-0.3, -0.25) is 9.62 Å². The molecule has 7 heteroatoms. The highest BCUT2D eigenvalue weighted by Crippen LogP contribution is 2.47. The number of sulfonamides is 1. The predicted octanol–water partition coefficient (Wildman–Crippen LogP) is 4.22. The van der Waals surface area contributed by atoms with Crippen molar-refractivity contribution >= 4 is 27.0 Å². The van der Waals surface area contributed by atoms with E-state index in [0.29, 0.717) is 11.7 Å². The zero-order valence-corrected chi connectivity index (χ0v) is 18.6. The number of benzene rings is 1. The summed E-state index contributed by atoms with van der Waals surface area (Å²) in [5.74, 6) is -0.0293. The summed E-state index contributed by atoms with van der Waals surface area (Å²) >= 11 is 1.77. The van der Waals surface area contributed by atoms with Gasteiger partial charge in [-0.1, -0.05) is 18.6 Å². The van der Waals surface area contributed by atoms with Crippen LogP contribution >= 0.6 is 11.3 Å². The molecule has 2 fully saturated rings. The van der Waals surface area contributed by atoms with Crippen molar-refractivity contribution in [1.29, 1.82) is 0 Å². The minimum atomic E-state index is -3.39. The number of fused-ring (bicyclic) bond motifs is 2. The van der Waals surface area contributed by atoms with Crippen LogP contribution in [0.5, 0.6) is 0 Å². The average molecular weight is 435 g/mol. The predicted molar refractivity (Wildman–Crippen MR) is 119 cm³/mol. The number of likely N-dealkylation sites (tertiary alicyclic amines) is 1. The number of hydrogen-bond acceptors (Lipinski definition) is 5. The van der Waals surface area contributed by atoms with Crippen molar-refractivity contribution in [2.45, 2.75) is 50.1 Å². The fourth-order valence-corrected chi connectivity index (χ4v) is 6.61. The molecule has 2 bridgehead atoms. The number of nitrogens with one attached hydrogen (secondary N) is 1. The van der Waals surface area contributed by atoms with Crippen LogP contribution in [-0.2, 0) is 26.7 Å². The van der Waals surface area contributed by atoms with Crippen LogP contribution in [0.2, 0.25) is 0 Å². The average Bonchev–Trinajstić information content (AvgIpc) is 3.22. The molecule has 2 heterocycles. The lowest BCUT2D eigenvalue weighted by molar-refractivity contribution is 0.0460. The first-order valence-corrected chi connectivity index (χ1v) is 12.9. The minimum absolute atomic E-state index is 0.0293. The molecule has 1 N–H and O–H groups in total. The molecule has 1 saturated heterocycles. The van der Waals surface area contributed by atoms with Gasteiger partial charge >= 0.3 is 0 Å². The molecular formula is C22H30N2O3S2. The number of thiophene rings is 1. The van der Waals surface area contributed by atoms with E-state index >= 15 is 0 Å². The first-order chi connectivity index (χ1) is 14.0. The summed E-state index contributed by atoms with van der Waals surface area (Å²) in [6.45, 7) is 2.34. The molecular weight excluding hydrogens is 404 g/mol. The number of piperidine rings is 1. The Hall–Kier alpha value is -1.41. The van der Waals surface area contributed by atoms with Gasteiger partial charge in [-0.05, 0) is 77.7 Å². The van der Waals surface area contributed by atoms with Crippen molar-refractivity contribution in [3.8, 4) is 0 Å². The number of methoxy groups -OCH3 is 1. The molecule has 29 heavy (non-hydrogen) atoms. The maximum absolute atomic E-state index is 12.3. The van der Waals surface area contributed by atoms with E-state index < -0.39 is 10.0 Å². The number of rotatable bonds is 8. The van der Waals surface area contributed by atoms with Crippen molar-refractivity contribution in [2.24, 2.45) is 0 Å². The Morgan fingerprint density at radius 1 is 1.31 bits per heavy atom. The van der Waals surface area contributed by atoms with Gasteiger partial charge in [0.1, 0.15) is 0 Å². The summed E-state index contributed by atoms with van der Waals surface area (Å²) in [7, 11) is -1.87. The van der Waals surface area contributed by atoms with Gasteiger partial charge in [0.2, 0.25) is 10.0 Å². The number of anilines is 1. The first-order valence-electron chi connectivity index (χ1n) is 10.3. The van der Waals surface area contributed by atoms with Crippen molar-refractivity contribution in [3.63, 3.8) is 0 Å². The quantitative estimate of drug-likeness (QED) is 0.676. The summed E-state index contributed by atoms with van der Waals surface area (Å²) < 4.78 is 32.1. The van der Waals surface area contributed by atoms with E-state index in [-0.39, 0.29) is 17.8 Å². The van der Waals surface area contributed by atoms with Crippen molar-refractivity contribution < 1.29 is 13.2 Å². The normalized spacial score (nSPS) is 25.1. The Kier molecular flexibility index (Phi) is 6.30. The lowest BCUT2D eigenvalue weighted by Crippen LogP contribution is -2.51. The fraction of sp³-hybridized carbons (Fsp3) is 0.545. The van der Waals surface area contributed by atoms with Crippen molar-refractivity contribution in [3.05, 3.63) is 52.2 Å². The second kappa shape index (κ2) is 8.76. The highest BCUT2D eigenvalue weighted by Gasteiger charge is 2.43. The molecule has 2 unspecified atom stereocenters. The van der Waals surface area contributed by atoms with E-state index in [1.54, 1.807) is 11.3 Å². The zero-order valence-electron chi connectivity index (χ0n) is 17.0. The SMILES string of the molecule is COCCS(=O)(=O)Nc1cccc(C23CCCC(C2)N(Cc2ccsc2)CC3)c1. The zero-order chi connectivity index (χ0) is 20.3. The minimum Gasteiger partial charge on any atom is -0.384 e. The molecule has 1 aromatic heterocycles. The van der Waals surface area contributed by atoms with Gasteiger partial charge in [-0.2, -0.15) is 11.3 Å². The van der Waals surface area contributed by atoms with Gasteiger partial charge < -0.3 is 4.74 Å². The summed E-state index contributed by atoms with van der Waals surface area (Å²) in [5.41, 5.74) is 3.53. The lowest BCUT2D eigenvalue weighted by Gasteiger charge is -2.51. The van der Waals surface area contributed by atoms with Crippen LogP contribution in [0.25, 0.3) is 0 Å². The third-order valence-electron chi connectivity index (χ3n) is 6.48. The Labute approximate surface area is 178 Å². The molecule has 1 aromatic carbocycles. The molecule has 0 spiro atoms. The van der Waals surface area contributed by atoms with E-state index in [2.05, 4.69) is 38.6 Å². The standard InChI is InChI=1S/C22H30N2O3S2/c1-27-11-13-29(25,26)23-20-5-2-4-19(14-20)22-8-3-6-21(15-22)24(10-9-22)16-18-7-12-28-17-18/h2,4-5,7,12,14,17,21,23H,3,6,8-11,13,15-16H2,1H3. The van der Waals surface area contributed by atoms with Crippen LogP contribution in [0.3, 0.4) is 0 Å². The van der Waals surface area contributed by atoms with Gasteiger partial charge in [0, 0.05) is 25.4 Å². The molecule has 158 valence electrons. The van der Waals surface area contributed by atoms with Crippen LogP contribution < -0.4 is 4.72 Å². The first kappa shape index (κ1) is 20.8. The largest absolute Gasteiger partial charge is 0.384 e. The van der Waals surface area contributed by atoms with Gasteiger partial charge in [-0.15, -0.1) is 0 Å². The third-order valence-corrected chi connectivity index (χ3v) is 8.47. The Balaban J connectivity index is 1.49. The third kappa shape index (κ3) is 4.85. The topological polar surface area (TPSA) is 58.6 Å². The van der Waals surface area contributed by atoms with E-state index in [1.165, 1.54) is 37.5 Å². The second-order valence-corrected chi connectivity index (χ2v) is 11.0. The summed E-state index contributed by atoms with van der Waals surface area (Å²) in [6.07, 6.45) is 5.98. The van der Waals surface area contributed by atoms with Crippen LogP contribution in [0, 0.1) is 0 Å².